The van der Waals surface area contributed by atoms with Gasteiger partial charge in [-0.2, -0.15) is 0 Å². The van der Waals surface area contributed by atoms with Crippen molar-refractivity contribution in [2.24, 2.45) is 11.8 Å². The third-order valence-corrected chi connectivity index (χ3v) is 4.35. The van der Waals surface area contributed by atoms with Crippen LogP contribution >= 0.6 is 0 Å². The molecule has 2 heteroatoms. The van der Waals surface area contributed by atoms with Crippen LogP contribution in [-0.2, 0) is 0 Å². The minimum atomic E-state index is -0.335. The van der Waals surface area contributed by atoms with Crippen LogP contribution in [0.25, 0.3) is 0 Å². The summed E-state index contributed by atoms with van der Waals surface area (Å²) >= 11 is 0. The van der Waals surface area contributed by atoms with Crippen molar-refractivity contribution in [3.63, 3.8) is 0 Å². The first-order valence-corrected chi connectivity index (χ1v) is 7.06. The van der Waals surface area contributed by atoms with Gasteiger partial charge in [-0.05, 0) is 42.4 Å². The van der Waals surface area contributed by atoms with Gasteiger partial charge in [-0.1, -0.05) is 38.3 Å². The number of hydrogen-bond donors (Lipinski definition) is 1. The molecule has 100 valence electrons. The van der Waals surface area contributed by atoms with Crippen LogP contribution in [0.5, 0.6) is 5.75 Å². The molecule has 1 aliphatic rings. The van der Waals surface area contributed by atoms with Crippen molar-refractivity contribution in [1.82, 2.24) is 0 Å². The molecule has 18 heavy (non-hydrogen) atoms. The summed E-state index contributed by atoms with van der Waals surface area (Å²) in [7, 11) is 1.66. The molecule has 1 N–H and O–H groups in total. The second kappa shape index (κ2) is 6.24. The molecule has 1 aliphatic carbocycles. The van der Waals surface area contributed by atoms with Crippen LogP contribution in [0.15, 0.2) is 24.3 Å². The van der Waals surface area contributed by atoms with Gasteiger partial charge in [0.15, 0.2) is 0 Å². The largest absolute Gasteiger partial charge is 0.497 e. The number of aliphatic hydroxyl groups excluding tert-OH is 1. The van der Waals surface area contributed by atoms with E-state index in [0.29, 0.717) is 5.92 Å². The van der Waals surface area contributed by atoms with E-state index in [1.54, 1.807) is 7.11 Å². The van der Waals surface area contributed by atoms with E-state index in [-0.39, 0.29) is 6.10 Å². The molecule has 1 saturated carbocycles. The Bertz CT molecular complexity index is 367. The predicted octanol–water partition coefficient (Wildman–Crippen LogP) is 3.95. The molecule has 1 fully saturated rings. The maximum absolute atomic E-state index is 10.5. The zero-order valence-electron chi connectivity index (χ0n) is 11.4. The average Bonchev–Trinajstić information content (AvgIpc) is 2.46. The Balaban J connectivity index is 2.00. The monoisotopic (exact) mass is 248 g/mol. The summed E-state index contributed by atoms with van der Waals surface area (Å²) in [5.74, 6) is 2.12. The third-order valence-electron chi connectivity index (χ3n) is 4.35. The minimum absolute atomic E-state index is 0.335. The van der Waals surface area contributed by atoms with Gasteiger partial charge in [-0.15, -0.1) is 0 Å². The fourth-order valence-corrected chi connectivity index (χ4v) is 3.01. The number of hydrogen-bond acceptors (Lipinski definition) is 2. The Labute approximate surface area is 110 Å². The lowest BCUT2D eigenvalue weighted by atomic mass is 9.77. The van der Waals surface area contributed by atoms with Crippen LogP contribution in [0.4, 0.5) is 0 Å². The SMILES string of the molecule is CCC1CCC(C(O)c2cccc(OC)c2)CC1. The van der Waals surface area contributed by atoms with E-state index in [9.17, 15) is 5.11 Å². The third kappa shape index (κ3) is 3.05. The van der Waals surface area contributed by atoms with Crippen molar-refractivity contribution in [3.05, 3.63) is 29.8 Å². The number of aliphatic hydroxyl groups is 1. The van der Waals surface area contributed by atoms with Crippen LogP contribution in [0.1, 0.15) is 50.7 Å². The fraction of sp³-hybridized carbons (Fsp3) is 0.625. The molecule has 2 nitrogen and oxygen atoms in total. The van der Waals surface area contributed by atoms with Gasteiger partial charge in [0.25, 0.3) is 0 Å². The van der Waals surface area contributed by atoms with Crippen molar-refractivity contribution >= 4 is 0 Å². The van der Waals surface area contributed by atoms with E-state index in [1.165, 1.54) is 19.3 Å². The van der Waals surface area contributed by atoms with Crippen LogP contribution in [-0.4, -0.2) is 12.2 Å². The molecule has 1 aromatic rings. The predicted molar refractivity (Wildman–Crippen MR) is 73.7 cm³/mol. The number of rotatable bonds is 4. The quantitative estimate of drug-likeness (QED) is 0.874. The average molecular weight is 248 g/mol. The van der Waals surface area contributed by atoms with E-state index in [4.69, 9.17) is 4.74 Å². The van der Waals surface area contributed by atoms with Crippen molar-refractivity contribution in [2.45, 2.75) is 45.1 Å². The maximum atomic E-state index is 10.5. The lowest BCUT2D eigenvalue weighted by Crippen LogP contribution is -2.20. The highest BCUT2D eigenvalue weighted by Gasteiger charge is 2.26. The second-order valence-electron chi connectivity index (χ2n) is 5.41. The highest BCUT2D eigenvalue weighted by molar-refractivity contribution is 5.30. The lowest BCUT2D eigenvalue weighted by molar-refractivity contribution is 0.0728. The van der Waals surface area contributed by atoms with E-state index in [1.807, 2.05) is 24.3 Å². The van der Waals surface area contributed by atoms with E-state index < -0.39 is 0 Å². The van der Waals surface area contributed by atoms with Gasteiger partial charge >= 0.3 is 0 Å². The fourth-order valence-electron chi connectivity index (χ4n) is 3.01. The summed E-state index contributed by atoms with van der Waals surface area (Å²) in [4.78, 5) is 0. The molecule has 0 bridgehead atoms. The van der Waals surface area contributed by atoms with Crippen molar-refractivity contribution in [1.29, 1.82) is 0 Å². The zero-order valence-corrected chi connectivity index (χ0v) is 11.4. The van der Waals surface area contributed by atoms with Crippen molar-refractivity contribution in [3.8, 4) is 5.75 Å². The maximum Gasteiger partial charge on any atom is 0.119 e. The summed E-state index contributed by atoms with van der Waals surface area (Å²) in [5, 5.41) is 10.5. The molecule has 0 heterocycles. The van der Waals surface area contributed by atoms with Gasteiger partial charge in [0.2, 0.25) is 0 Å². The van der Waals surface area contributed by atoms with Gasteiger partial charge in [0.1, 0.15) is 5.75 Å². The first-order chi connectivity index (χ1) is 8.74. The molecular formula is C16H24O2. The van der Waals surface area contributed by atoms with Gasteiger partial charge < -0.3 is 9.84 Å². The molecule has 0 amide bonds. The second-order valence-corrected chi connectivity index (χ2v) is 5.41. The molecule has 0 spiro atoms. The molecule has 1 aromatic carbocycles. The Kier molecular flexibility index (Phi) is 4.65. The van der Waals surface area contributed by atoms with Gasteiger partial charge in [-0.25, -0.2) is 0 Å². The molecule has 0 aliphatic heterocycles. The zero-order chi connectivity index (χ0) is 13.0. The Morgan fingerprint density at radius 1 is 1.28 bits per heavy atom. The summed E-state index contributed by atoms with van der Waals surface area (Å²) in [6.45, 7) is 2.27. The smallest absolute Gasteiger partial charge is 0.119 e. The Hall–Kier alpha value is -1.02. The van der Waals surface area contributed by atoms with Crippen LogP contribution in [0, 0.1) is 11.8 Å². The number of methoxy groups -OCH3 is 1. The molecule has 1 atom stereocenters. The highest BCUT2D eigenvalue weighted by atomic mass is 16.5. The molecule has 0 saturated heterocycles. The highest BCUT2D eigenvalue weighted by Crippen LogP contribution is 2.38. The van der Waals surface area contributed by atoms with E-state index >= 15 is 0 Å². The molecular weight excluding hydrogens is 224 g/mol. The van der Waals surface area contributed by atoms with E-state index in [2.05, 4.69) is 6.92 Å². The number of ether oxygens (including phenoxy) is 1. The van der Waals surface area contributed by atoms with E-state index in [0.717, 1.165) is 30.1 Å². The van der Waals surface area contributed by atoms with Gasteiger partial charge in [-0.3, -0.25) is 0 Å². The summed E-state index contributed by atoms with van der Waals surface area (Å²) in [6.07, 6.45) is 5.78. The lowest BCUT2D eigenvalue weighted by Gasteiger charge is -2.31. The Morgan fingerprint density at radius 2 is 2.00 bits per heavy atom. The van der Waals surface area contributed by atoms with Crippen LogP contribution < -0.4 is 4.74 Å². The van der Waals surface area contributed by atoms with Gasteiger partial charge in [0, 0.05) is 0 Å². The Morgan fingerprint density at radius 3 is 2.61 bits per heavy atom. The minimum Gasteiger partial charge on any atom is -0.497 e. The summed E-state index contributed by atoms with van der Waals surface area (Å²) in [5.41, 5.74) is 0.995. The number of benzene rings is 1. The van der Waals surface area contributed by atoms with Crippen LogP contribution in [0.3, 0.4) is 0 Å². The summed E-state index contributed by atoms with van der Waals surface area (Å²) < 4.78 is 5.22. The normalized spacial score (nSPS) is 25.7. The molecule has 1 unspecified atom stereocenters. The van der Waals surface area contributed by atoms with Crippen LogP contribution in [0.2, 0.25) is 0 Å². The first kappa shape index (κ1) is 13.4. The van der Waals surface area contributed by atoms with Crippen molar-refractivity contribution < 1.29 is 9.84 Å². The van der Waals surface area contributed by atoms with Gasteiger partial charge in [0.05, 0.1) is 13.2 Å². The summed E-state index contributed by atoms with van der Waals surface area (Å²) in [6, 6.07) is 7.83. The standard InChI is InChI=1S/C16H24O2/c1-3-12-7-9-13(10-8-12)16(17)14-5-4-6-15(11-14)18-2/h4-6,11-13,16-17H,3,7-10H2,1-2H3. The van der Waals surface area contributed by atoms with Crippen molar-refractivity contribution in [2.75, 3.05) is 7.11 Å². The molecule has 0 aromatic heterocycles. The molecule has 0 radical (unpaired) electrons. The topological polar surface area (TPSA) is 29.5 Å². The molecule has 2 rings (SSSR count). The first-order valence-electron chi connectivity index (χ1n) is 7.06.